The Morgan fingerprint density at radius 1 is 1.37 bits per heavy atom. The van der Waals surface area contributed by atoms with Gasteiger partial charge in [0.1, 0.15) is 0 Å². The predicted octanol–water partition coefficient (Wildman–Crippen LogP) is 3.70. The lowest BCUT2D eigenvalue weighted by molar-refractivity contribution is 0.847. The van der Waals surface area contributed by atoms with Gasteiger partial charge in [-0.2, -0.15) is 5.10 Å². The molecule has 0 aliphatic rings. The van der Waals surface area contributed by atoms with Gasteiger partial charge in [-0.05, 0) is 51.1 Å². The van der Waals surface area contributed by atoms with Crippen LogP contribution in [0.5, 0.6) is 0 Å². The van der Waals surface area contributed by atoms with Gasteiger partial charge in [-0.3, -0.25) is 0 Å². The van der Waals surface area contributed by atoms with E-state index in [0.717, 1.165) is 21.8 Å². The van der Waals surface area contributed by atoms with E-state index < -0.39 is 0 Å². The molecule has 3 aromatic heterocycles. The second-order valence-corrected chi connectivity index (χ2v) is 6.26. The van der Waals surface area contributed by atoms with E-state index in [-0.39, 0.29) is 0 Å². The summed E-state index contributed by atoms with van der Waals surface area (Å²) in [5.41, 5.74) is 2.26. The number of nitrogens with one attached hydrogen (secondary N) is 1. The molecule has 96 valence electrons. The van der Waals surface area contributed by atoms with Crippen molar-refractivity contribution < 1.29 is 0 Å². The van der Waals surface area contributed by atoms with Gasteiger partial charge in [-0.15, -0.1) is 11.3 Å². The zero-order valence-electron chi connectivity index (χ0n) is 9.95. The van der Waals surface area contributed by atoms with Crippen molar-refractivity contribution >= 4 is 33.0 Å². The fraction of sp³-hybridized carbons (Fsp3) is 0.0769. The van der Waals surface area contributed by atoms with Crippen LogP contribution in [-0.2, 0) is 6.54 Å². The van der Waals surface area contributed by atoms with Crippen molar-refractivity contribution in [3.05, 3.63) is 57.6 Å². The molecule has 19 heavy (non-hydrogen) atoms. The fourth-order valence-corrected chi connectivity index (χ4v) is 2.88. The van der Waals surface area contributed by atoms with Crippen LogP contribution in [0.2, 0.25) is 0 Å². The molecule has 0 aliphatic heterocycles. The van der Waals surface area contributed by atoms with E-state index in [4.69, 9.17) is 0 Å². The average molecular weight is 335 g/mol. The lowest BCUT2D eigenvalue weighted by Gasteiger charge is -2.05. The number of anilines is 1. The van der Waals surface area contributed by atoms with Crippen molar-refractivity contribution in [1.29, 1.82) is 0 Å². The van der Waals surface area contributed by atoms with Crippen molar-refractivity contribution in [1.82, 2.24) is 14.8 Å². The Kier molecular flexibility index (Phi) is 3.61. The first-order valence-corrected chi connectivity index (χ1v) is 7.41. The Morgan fingerprint density at radius 3 is 2.95 bits per heavy atom. The maximum absolute atomic E-state index is 4.37. The minimum absolute atomic E-state index is 0.797. The summed E-state index contributed by atoms with van der Waals surface area (Å²) in [7, 11) is 0. The summed E-state index contributed by atoms with van der Waals surface area (Å²) in [6, 6.07) is 7.94. The molecular formula is C13H11BrN4S. The SMILES string of the molecule is Brc1cc(CNc2ccc(-n3cccn3)nc2)cs1. The van der Waals surface area contributed by atoms with E-state index in [1.54, 1.807) is 22.2 Å². The number of nitrogens with zero attached hydrogens (tertiary/aromatic N) is 3. The molecule has 0 amide bonds. The highest BCUT2D eigenvalue weighted by Crippen LogP contribution is 2.21. The number of aromatic nitrogens is 3. The van der Waals surface area contributed by atoms with Gasteiger partial charge < -0.3 is 5.32 Å². The third kappa shape index (κ3) is 3.02. The van der Waals surface area contributed by atoms with Gasteiger partial charge >= 0.3 is 0 Å². The molecule has 0 saturated heterocycles. The number of rotatable bonds is 4. The summed E-state index contributed by atoms with van der Waals surface area (Å²) in [5, 5.41) is 9.61. The first kappa shape index (κ1) is 12.4. The third-order valence-corrected chi connectivity index (χ3v) is 4.16. The van der Waals surface area contributed by atoms with Crippen LogP contribution in [0.25, 0.3) is 5.82 Å². The number of halogens is 1. The molecule has 6 heteroatoms. The minimum Gasteiger partial charge on any atom is -0.380 e. The Morgan fingerprint density at radius 2 is 2.32 bits per heavy atom. The first-order valence-electron chi connectivity index (χ1n) is 5.74. The van der Waals surface area contributed by atoms with E-state index in [0.29, 0.717) is 0 Å². The van der Waals surface area contributed by atoms with Crippen molar-refractivity contribution in [2.24, 2.45) is 0 Å². The van der Waals surface area contributed by atoms with Crippen LogP contribution in [0.15, 0.2) is 52.0 Å². The first-order chi connectivity index (χ1) is 9.31. The Labute approximate surface area is 123 Å². The van der Waals surface area contributed by atoms with Crippen LogP contribution >= 0.6 is 27.3 Å². The zero-order chi connectivity index (χ0) is 13.1. The molecule has 4 nitrogen and oxygen atoms in total. The predicted molar refractivity (Wildman–Crippen MR) is 80.7 cm³/mol. The normalized spacial score (nSPS) is 10.6. The summed E-state index contributed by atoms with van der Waals surface area (Å²) in [4.78, 5) is 4.37. The highest BCUT2D eigenvalue weighted by molar-refractivity contribution is 9.11. The van der Waals surface area contributed by atoms with E-state index >= 15 is 0 Å². The molecule has 0 unspecified atom stereocenters. The van der Waals surface area contributed by atoms with Gasteiger partial charge in [-0.25, -0.2) is 9.67 Å². The van der Waals surface area contributed by atoms with Gasteiger partial charge in [0.2, 0.25) is 0 Å². The van der Waals surface area contributed by atoms with Crippen LogP contribution in [-0.4, -0.2) is 14.8 Å². The van der Waals surface area contributed by atoms with Crippen molar-refractivity contribution in [3.8, 4) is 5.82 Å². The quantitative estimate of drug-likeness (QED) is 0.790. The van der Waals surface area contributed by atoms with Crippen LogP contribution < -0.4 is 5.32 Å². The van der Waals surface area contributed by atoms with Crippen molar-refractivity contribution in [3.63, 3.8) is 0 Å². The molecule has 0 radical (unpaired) electrons. The number of thiophene rings is 1. The van der Waals surface area contributed by atoms with Crippen molar-refractivity contribution in [2.45, 2.75) is 6.54 Å². The molecular weight excluding hydrogens is 324 g/mol. The van der Waals surface area contributed by atoms with E-state index in [1.807, 2.05) is 30.6 Å². The molecule has 0 fully saturated rings. The molecule has 0 aliphatic carbocycles. The lowest BCUT2D eigenvalue weighted by Crippen LogP contribution is -2.01. The molecule has 3 heterocycles. The monoisotopic (exact) mass is 334 g/mol. The largest absolute Gasteiger partial charge is 0.380 e. The summed E-state index contributed by atoms with van der Waals surface area (Å²) >= 11 is 5.15. The number of hydrogen-bond acceptors (Lipinski definition) is 4. The molecule has 0 bridgehead atoms. The van der Waals surface area contributed by atoms with E-state index in [1.165, 1.54) is 5.56 Å². The van der Waals surface area contributed by atoms with Gasteiger partial charge in [0, 0.05) is 18.9 Å². The second kappa shape index (κ2) is 5.54. The Bertz CT molecular complexity index is 646. The fourth-order valence-electron chi connectivity index (χ4n) is 1.67. The lowest BCUT2D eigenvalue weighted by atomic mass is 10.3. The summed E-state index contributed by atoms with van der Waals surface area (Å²) in [5.74, 6) is 0.814. The second-order valence-electron chi connectivity index (χ2n) is 3.97. The van der Waals surface area contributed by atoms with E-state index in [2.05, 4.69) is 42.8 Å². The average Bonchev–Trinajstić information content (AvgIpc) is 3.08. The summed E-state index contributed by atoms with van der Waals surface area (Å²) in [6.07, 6.45) is 5.43. The zero-order valence-corrected chi connectivity index (χ0v) is 12.4. The highest BCUT2D eigenvalue weighted by atomic mass is 79.9. The molecule has 0 saturated carbocycles. The molecule has 1 N–H and O–H groups in total. The Hall–Kier alpha value is -1.66. The van der Waals surface area contributed by atoms with Crippen LogP contribution in [0.4, 0.5) is 5.69 Å². The molecule has 3 rings (SSSR count). The van der Waals surface area contributed by atoms with Gasteiger partial charge in [0.05, 0.1) is 15.7 Å². The number of pyridine rings is 1. The van der Waals surface area contributed by atoms with Crippen LogP contribution in [0, 0.1) is 0 Å². The topological polar surface area (TPSA) is 42.7 Å². The maximum Gasteiger partial charge on any atom is 0.153 e. The maximum atomic E-state index is 4.37. The molecule has 3 aromatic rings. The van der Waals surface area contributed by atoms with Gasteiger partial charge in [-0.1, -0.05) is 0 Å². The van der Waals surface area contributed by atoms with Gasteiger partial charge in [0.15, 0.2) is 5.82 Å². The summed E-state index contributed by atoms with van der Waals surface area (Å²) < 4.78 is 2.89. The van der Waals surface area contributed by atoms with Gasteiger partial charge in [0.25, 0.3) is 0 Å². The molecule has 0 atom stereocenters. The van der Waals surface area contributed by atoms with Crippen LogP contribution in [0.1, 0.15) is 5.56 Å². The standard InChI is InChI=1S/C13H11BrN4S/c14-12-6-10(9-19-12)7-15-11-2-3-13(16-8-11)18-5-1-4-17-18/h1-6,8-9,15H,7H2. The smallest absolute Gasteiger partial charge is 0.153 e. The number of hydrogen-bond donors (Lipinski definition) is 1. The summed E-state index contributed by atoms with van der Waals surface area (Å²) in [6.45, 7) is 0.797. The molecule has 0 aromatic carbocycles. The Balaban J connectivity index is 1.66. The van der Waals surface area contributed by atoms with Crippen LogP contribution in [0.3, 0.4) is 0 Å². The molecule has 0 spiro atoms. The highest BCUT2D eigenvalue weighted by Gasteiger charge is 2.00. The van der Waals surface area contributed by atoms with E-state index in [9.17, 15) is 0 Å². The third-order valence-electron chi connectivity index (χ3n) is 2.61. The minimum atomic E-state index is 0.797. The van der Waals surface area contributed by atoms with Crippen molar-refractivity contribution in [2.75, 3.05) is 5.32 Å².